The van der Waals surface area contributed by atoms with Crippen molar-refractivity contribution in [3.63, 3.8) is 0 Å². The highest BCUT2D eigenvalue weighted by Crippen LogP contribution is 2.43. The molecule has 4 N–H and O–H groups in total. The molecular weight excluding hydrogens is 794 g/mol. The third-order valence-electron chi connectivity index (χ3n) is 9.72. The Bertz CT molecular complexity index is 1310. The number of carboxylic acid groups (broad SMARTS) is 1. The lowest BCUT2D eigenvalue weighted by molar-refractivity contribution is -0.147. The predicted molar refractivity (Wildman–Crippen MR) is 249 cm³/mol. The Kier molecular flexibility index (Phi) is 41.4. The largest absolute Gasteiger partial charge is 0.480 e. The van der Waals surface area contributed by atoms with Crippen LogP contribution in [0.15, 0.2) is 72.9 Å². The van der Waals surface area contributed by atoms with Gasteiger partial charge >= 0.3 is 19.8 Å². The number of hydrogen-bond acceptors (Lipinski definition) is 8. The molecule has 0 aliphatic heterocycles. The van der Waals surface area contributed by atoms with Crippen molar-refractivity contribution in [3.05, 3.63) is 72.9 Å². The number of carbonyl (C=O) groups is 3. The quantitative estimate of drug-likeness (QED) is 0.0200. The maximum Gasteiger partial charge on any atom is 0.472 e. The van der Waals surface area contributed by atoms with Crippen LogP contribution in [0.3, 0.4) is 0 Å². The molecule has 0 aromatic rings. The van der Waals surface area contributed by atoms with E-state index in [-0.39, 0.29) is 12.8 Å². The lowest BCUT2D eigenvalue weighted by Gasteiger charge is -2.18. The zero-order chi connectivity index (χ0) is 44.9. The summed E-state index contributed by atoms with van der Waals surface area (Å²) in [5.74, 6) is -2.43. The lowest BCUT2D eigenvalue weighted by Crippen LogP contribution is -2.43. The number of rotatable bonds is 43. The number of aliphatic hydroxyl groups excluding tert-OH is 1. The molecule has 61 heavy (non-hydrogen) atoms. The molecule has 3 unspecified atom stereocenters. The first-order valence-electron chi connectivity index (χ1n) is 23.5. The summed E-state index contributed by atoms with van der Waals surface area (Å²) in [6.45, 7) is 2.52. The number of allylic oxidation sites excluding steroid dienone is 12. The number of nitrogens with one attached hydrogen (secondary N) is 1. The minimum absolute atomic E-state index is 0.104. The van der Waals surface area contributed by atoms with Gasteiger partial charge in [-0.2, -0.15) is 0 Å². The van der Waals surface area contributed by atoms with E-state index in [1.54, 1.807) is 0 Å². The number of aliphatic hydroxyl groups is 1. The molecule has 0 radical (unpaired) electrons. The summed E-state index contributed by atoms with van der Waals surface area (Å²) in [4.78, 5) is 46.0. The number of amides is 1. The van der Waals surface area contributed by atoms with E-state index in [4.69, 9.17) is 13.8 Å². The van der Waals surface area contributed by atoms with E-state index >= 15 is 0 Å². The van der Waals surface area contributed by atoms with E-state index in [0.29, 0.717) is 12.8 Å². The van der Waals surface area contributed by atoms with E-state index in [9.17, 15) is 34.1 Å². The van der Waals surface area contributed by atoms with Crippen molar-refractivity contribution >= 4 is 25.7 Å². The normalized spacial score (nSPS) is 14.3. The molecule has 0 saturated heterocycles. The average molecular weight is 878 g/mol. The van der Waals surface area contributed by atoms with Gasteiger partial charge in [-0.1, -0.05) is 157 Å². The molecule has 0 aromatic heterocycles. The van der Waals surface area contributed by atoms with E-state index in [1.807, 2.05) is 0 Å². The minimum Gasteiger partial charge on any atom is -0.480 e. The van der Waals surface area contributed by atoms with Crippen LogP contribution in [0.2, 0.25) is 0 Å². The fraction of sp³-hybridized carbons (Fsp3) is 0.694. The van der Waals surface area contributed by atoms with Gasteiger partial charge < -0.3 is 25.2 Å². The van der Waals surface area contributed by atoms with Crippen LogP contribution in [0.4, 0.5) is 0 Å². The number of aliphatic carboxylic acids is 1. The highest BCUT2D eigenvalue weighted by Gasteiger charge is 2.28. The van der Waals surface area contributed by atoms with Gasteiger partial charge in [0.2, 0.25) is 5.91 Å². The van der Waals surface area contributed by atoms with Gasteiger partial charge in [0.1, 0.15) is 12.7 Å². The van der Waals surface area contributed by atoms with Crippen LogP contribution in [0.25, 0.3) is 0 Å². The van der Waals surface area contributed by atoms with Crippen LogP contribution in [0, 0.1) is 0 Å². The fourth-order valence-electron chi connectivity index (χ4n) is 6.03. The number of hydrogen-bond donors (Lipinski definition) is 4. The van der Waals surface area contributed by atoms with Crippen molar-refractivity contribution in [2.45, 2.75) is 199 Å². The molecule has 0 spiro atoms. The number of unbranched alkanes of at least 4 members (excludes halogenated alkanes) is 17. The molecule has 12 heteroatoms. The van der Waals surface area contributed by atoms with Gasteiger partial charge in [-0.15, -0.1) is 0 Å². The maximum absolute atomic E-state index is 12.3. The molecule has 350 valence electrons. The molecule has 0 saturated carbocycles. The second-order valence-corrected chi connectivity index (χ2v) is 17.0. The van der Waals surface area contributed by atoms with Gasteiger partial charge in [0.05, 0.1) is 13.2 Å². The lowest BCUT2D eigenvalue weighted by atomic mass is 10.1. The molecule has 0 aliphatic rings. The Morgan fingerprint density at radius 2 is 0.902 bits per heavy atom. The van der Waals surface area contributed by atoms with Crippen LogP contribution < -0.4 is 5.32 Å². The van der Waals surface area contributed by atoms with Crippen LogP contribution in [0.1, 0.15) is 187 Å². The maximum atomic E-state index is 12.3. The van der Waals surface area contributed by atoms with Gasteiger partial charge in [-0.05, 0) is 89.9 Å². The topological polar surface area (TPSA) is 169 Å². The van der Waals surface area contributed by atoms with E-state index in [1.165, 1.54) is 70.6 Å². The van der Waals surface area contributed by atoms with Gasteiger partial charge in [0, 0.05) is 12.8 Å². The Morgan fingerprint density at radius 3 is 1.39 bits per heavy atom. The highest BCUT2D eigenvalue weighted by molar-refractivity contribution is 7.47. The second kappa shape index (κ2) is 43.6. The van der Waals surface area contributed by atoms with Crippen molar-refractivity contribution < 1.29 is 47.8 Å². The summed E-state index contributed by atoms with van der Waals surface area (Å²) in [5, 5.41) is 21.8. The number of phosphoric acid groups is 1. The minimum atomic E-state index is -4.77. The van der Waals surface area contributed by atoms with E-state index < -0.39 is 57.6 Å². The zero-order valence-corrected chi connectivity index (χ0v) is 38.8. The number of phosphoric ester groups is 1. The summed E-state index contributed by atoms with van der Waals surface area (Å²) in [6.07, 6.45) is 52.0. The highest BCUT2D eigenvalue weighted by atomic mass is 31.2. The predicted octanol–water partition coefficient (Wildman–Crippen LogP) is 12.5. The van der Waals surface area contributed by atoms with Crippen molar-refractivity contribution in [2.24, 2.45) is 0 Å². The molecule has 0 heterocycles. The SMILES string of the molecule is CCCCC/C=C\C/C=C\C/C=C\C/C=C\CCCCCC(=O)NC(COP(=O)(O)OCC(O)COC(=O)CCCCCCCCC/C=C\C/C=C\CCCCCC)C(=O)O. The fourth-order valence-corrected chi connectivity index (χ4v) is 6.81. The third-order valence-corrected chi connectivity index (χ3v) is 10.7. The van der Waals surface area contributed by atoms with Crippen LogP contribution in [-0.4, -0.2) is 64.9 Å². The van der Waals surface area contributed by atoms with Gasteiger partial charge in [-0.25, -0.2) is 9.36 Å². The van der Waals surface area contributed by atoms with Crippen molar-refractivity contribution in [1.82, 2.24) is 5.32 Å². The van der Waals surface area contributed by atoms with Crippen LogP contribution >= 0.6 is 7.82 Å². The Labute approximate surface area is 369 Å². The van der Waals surface area contributed by atoms with Crippen LogP contribution in [0.5, 0.6) is 0 Å². The molecule has 0 aromatic carbocycles. The summed E-state index contributed by atoms with van der Waals surface area (Å²) < 4.78 is 26.9. The number of carboxylic acids is 1. The Morgan fingerprint density at radius 1 is 0.525 bits per heavy atom. The summed E-state index contributed by atoms with van der Waals surface area (Å²) in [6, 6.07) is -1.57. The summed E-state index contributed by atoms with van der Waals surface area (Å²) in [5.41, 5.74) is 0. The molecule has 0 aliphatic carbocycles. The standard InChI is InChI=1S/C49H84NO10P/c1-3-5-7-9-11-13-15-17-19-21-23-24-26-28-30-32-34-36-38-40-47(52)50-46(49(54)55)44-60-61(56,57)59-43-45(51)42-58-48(53)41-39-37-35-33-31-29-27-25-22-20-18-16-14-12-10-8-6-4-2/h11,13-14,16-17,19-20,22-24,28,30,45-46,51H,3-10,12,15,18,21,25-27,29,31-44H2,1-2H3,(H,50,52)(H,54,55)(H,56,57)/b13-11-,16-14-,19-17-,22-20-,24-23-,30-28-. The molecule has 0 bridgehead atoms. The number of ether oxygens (including phenoxy) is 1. The number of carbonyl (C=O) groups excluding carboxylic acids is 2. The zero-order valence-electron chi connectivity index (χ0n) is 37.9. The van der Waals surface area contributed by atoms with Crippen molar-refractivity contribution in [3.8, 4) is 0 Å². The third kappa shape index (κ3) is 43.4. The monoisotopic (exact) mass is 878 g/mol. The molecule has 0 rings (SSSR count). The molecule has 11 nitrogen and oxygen atoms in total. The molecular formula is C49H84NO10P. The van der Waals surface area contributed by atoms with Crippen LogP contribution in [-0.2, 0) is 32.7 Å². The van der Waals surface area contributed by atoms with Crippen molar-refractivity contribution in [2.75, 3.05) is 19.8 Å². The number of esters is 1. The Hall–Kier alpha value is -3.08. The first kappa shape index (κ1) is 57.9. The van der Waals surface area contributed by atoms with Gasteiger partial charge in [0.15, 0.2) is 6.04 Å². The molecule has 3 atom stereocenters. The smallest absolute Gasteiger partial charge is 0.472 e. The van der Waals surface area contributed by atoms with Crippen molar-refractivity contribution in [1.29, 1.82) is 0 Å². The average Bonchev–Trinajstić information content (AvgIpc) is 3.24. The molecule has 1 amide bonds. The first-order valence-corrected chi connectivity index (χ1v) is 25.0. The van der Waals surface area contributed by atoms with E-state index in [0.717, 1.165) is 77.0 Å². The van der Waals surface area contributed by atoms with E-state index in [2.05, 4.69) is 92.1 Å². The Balaban J connectivity index is 3.96. The van der Waals surface area contributed by atoms with Gasteiger partial charge in [-0.3, -0.25) is 18.6 Å². The second-order valence-electron chi connectivity index (χ2n) is 15.6. The van der Waals surface area contributed by atoms with Gasteiger partial charge in [0.25, 0.3) is 0 Å². The summed E-state index contributed by atoms with van der Waals surface area (Å²) in [7, 11) is -4.77. The molecule has 0 fully saturated rings. The first-order chi connectivity index (χ1) is 29.6. The summed E-state index contributed by atoms with van der Waals surface area (Å²) >= 11 is 0.